The summed E-state index contributed by atoms with van der Waals surface area (Å²) in [6.45, 7) is 2.92. The first-order valence-electron chi connectivity index (χ1n) is 9.27. The first kappa shape index (κ1) is 25.7. The molecule has 0 fully saturated rings. The molecule has 0 aliphatic carbocycles. The molecular weight excluding hydrogens is 464 g/mol. The number of rotatable bonds is 11. The molecule has 13 heteroatoms. The first-order chi connectivity index (χ1) is 14.7. The molecule has 0 saturated carbocycles. The molecule has 1 heterocycles. The monoisotopic (exact) mass is 483 g/mol. The van der Waals surface area contributed by atoms with Gasteiger partial charge in [-0.3, -0.25) is 4.79 Å². The minimum atomic E-state index is -6.51. The number of carbonyl (C=O) groups excluding carboxylic acids is 2. The van der Waals surface area contributed by atoms with E-state index in [0.717, 1.165) is 0 Å². The summed E-state index contributed by atoms with van der Waals surface area (Å²) in [4.78, 5) is 23.3. The Morgan fingerprint density at radius 1 is 1.19 bits per heavy atom. The largest absolute Gasteiger partial charge is 0.743 e. The van der Waals surface area contributed by atoms with Crippen LogP contribution in [0.15, 0.2) is 30.4 Å². The average molecular weight is 483 g/mol. The van der Waals surface area contributed by atoms with Crippen LogP contribution >= 0.6 is 0 Å². The van der Waals surface area contributed by atoms with Gasteiger partial charge in [0, 0.05) is 13.0 Å². The molecule has 0 spiro atoms. The number of hydrogen-bond acceptors (Lipinski definition) is 8. The number of hydrogen-bond donors (Lipinski definition) is 0. The molecule has 0 radical (unpaired) electrons. The van der Waals surface area contributed by atoms with Crippen LogP contribution in [0, 0.1) is 0 Å². The summed E-state index contributed by atoms with van der Waals surface area (Å²) >= 11 is 0. The lowest BCUT2D eigenvalue weighted by atomic mass is 10.1. The van der Waals surface area contributed by atoms with Crippen molar-refractivity contribution in [3.8, 4) is 11.5 Å². The number of esters is 2. The van der Waals surface area contributed by atoms with E-state index >= 15 is 0 Å². The van der Waals surface area contributed by atoms with Crippen LogP contribution in [-0.2, 0) is 30.9 Å². The zero-order chi connectivity index (χ0) is 24.2. The fourth-order valence-electron chi connectivity index (χ4n) is 2.64. The minimum absolute atomic E-state index is 0.108. The Morgan fingerprint density at radius 3 is 2.53 bits per heavy atom. The van der Waals surface area contributed by atoms with Gasteiger partial charge in [-0.15, -0.1) is 0 Å². The molecule has 0 aromatic heterocycles. The van der Waals surface area contributed by atoms with Gasteiger partial charge in [-0.05, 0) is 43.0 Å². The Bertz CT molecular complexity index is 991. The van der Waals surface area contributed by atoms with E-state index < -0.39 is 40.1 Å². The van der Waals surface area contributed by atoms with E-state index in [1.165, 1.54) is 18.2 Å². The van der Waals surface area contributed by atoms with E-state index in [1.807, 2.05) is 0 Å². The lowest BCUT2D eigenvalue weighted by molar-refractivity contribution is -0.165. The van der Waals surface area contributed by atoms with Crippen molar-refractivity contribution in [3.05, 3.63) is 35.9 Å². The Kier molecular flexibility index (Phi) is 8.02. The molecule has 1 aromatic rings. The highest BCUT2D eigenvalue weighted by Gasteiger charge is 2.60. The fourth-order valence-corrected chi connectivity index (χ4v) is 3.11. The molecule has 178 valence electrons. The number of alkyl halides is 4. The summed E-state index contributed by atoms with van der Waals surface area (Å²) in [5.41, 5.74) is 0.576. The molecular formula is C19H19F4O8S-. The molecule has 1 aliphatic rings. The quantitative estimate of drug-likeness (QED) is 0.118. The van der Waals surface area contributed by atoms with Gasteiger partial charge in [0.1, 0.15) is 11.5 Å². The number of ether oxygens (including phenoxy) is 3. The molecule has 0 atom stereocenters. The molecule has 8 nitrogen and oxygen atoms in total. The molecule has 1 aliphatic heterocycles. The summed E-state index contributed by atoms with van der Waals surface area (Å²) in [7, 11) is -6.51. The predicted molar refractivity (Wildman–Crippen MR) is 99.4 cm³/mol. The Labute approximate surface area is 180 Å². The van der Waals surface area contributed by atoms with Crippen LogP contribution < -0.4 is 9.47 Å². The lowest BCUT2D eigenvalue weighted by Gasteiger charge is -2.28. The Morgan fingerprint density at radius 2 is 1.88 bits per heavy atom. The number of carbonyl (C=O) groups is 2. The van der Waals surface area contributed by atoms with E-state index in [1.54, 1.807) is 0 Å². The van der Waals surface area contributed by atoms with Crippen molar-refractivity contribution in [3.63, 3.8) is 0 Å². The molecule has 2 rings (SSSR count). The van der Waals surface area contributed by atoms with E-state index in [-0.39, 0.29) is 43.3 Å². The maximum atomic E-state index is 13.3. The van der Waals surface area contributed by atoms with E-state index in [4.69, 9.17) is 14.2 Å². The highest BCUT2D eigenvalue weighted by Crippen LogP contribution is 2.41. The third-order valence-electron chi connectivity index (χ3n) is 4.40. The highest BCUT2D eigenvalue weighted by molar-refractivity contribution is 7.86. The number of halogens is 4. The second-order valence-electron chi connectivity index (χ2n) is 6.92. The van der Waals surface area contributed by atoms with Gasteiger partial charge in [0.2, 0.25) is 0 Å². The van der Waals surface area contributed by atoms with Crippen LogP contribution in [0.4, 0.5) is 17.6 Å². The topological polar surface area (TPSA) is 119 Å². The van der Waals surface area contributed by atoms with Crippen LogP contribution in [0.2, 0.25) is 0 Å². The average Bonchev–Trinajstić information content (AvgIpc) is 2.69. The van der Waals surface area contributed by atoms with Crippen LogP contribution in [0.5, 0.6) is 11.5 Å². The minimum Gasteiger partial charge on any atom is -0.743 e. The number of unbranched alkanes of at least 4 members (excludes halogenated alkanes) is 1. The smallest absolute Gasteiger partial charge is 0.396 e. The van der Waals surface area contributed by atoms with Crippen molar-refractivity contribution in [2.24, 2.45) is 0 Å². The van der Waals surface area contributed by atoms with Crippen LogP contribution in [0.1, 0.15) is 31.2 Å². The van der Waals surface area contributed by atoms with Gasteiger partial charge in [0.15, 0.2) is 10.1 Å². The van der Waals surface area contributed by atoms with Crippen molar-refractivity contribution < 1.29 is 54.3 Å². The van der Waals surface area contributed by atoms with Crippen molar-refractivity contribution in [2.75, 3.05) is 13.2 Å². The number of fused-ring (bicyclic) bond motifs is 1. The van der Waals surface area contributed by atoms with Crippen molar-refractivity contribution in [1.82, 2.24) is 0 Å². The van der Waals surface area contributed by atoms with Gasteiger partial charge >= 0.3 is 23.1 Å². The molecule has 0 unspecified atom stereocenters. The number of benzene rings is 1. The fraction of sp³-hybridized carbons (Fsp3) is 0.474. The van der Waals surface area contributed by atoms with E-state index in [2.05, 4.69) is 6.58 Å². The summed E-state index contributed by atoms with van der Waals surface area (Å²) in [5.74, 6) is -5.65. The van der Waals surface area contributed by atoms with Crippen LogP contribution in [0.25, 0.3) is 0 Å². The molecule has 0 amide bonds. The van der Waals surface area contributed by atoms with Crippen molar-refractivity contribution >= 4 is 22.1 Å². The van der Waals surface area contributed by atoms with Gasteiger partial charge in [-0.25, -0.2) is 13.2 Å². The predicted octanol–water partition coefficient (Wildman–Crippen LogP) is 2.96. The third-order valence-corrected chi connectivity index (χ3v) is 5.33. The van der Waals surface area contributed by atoms with E-state index in [9.17, 15) is 40.1 Å². The second-order valence-corrected chi connectivity index (χ2v) is 8.34. The standard InChI is InChI=1S/C19H20F4O8S/c1-12(11-29-9-3-2-8-18(20,21)19(22,23)32(26,27)28)17(25)30-14-5-6-15-13(10-14)4-7-16(24)31-15/h5-6,10H,1-4,7-9,11H2,(H,26,27,28)/p-1. The third kappa shape index (κ3) is 6.26. The first-order valence-corrected chi connectivity index (χ1v) is 10.7. The van der Waals surface area contributed by atoms with Crippen LogP contribution in [-0.4, -0.2) is 49.3 Å². The summed E-state index contributed by atoms with van der Waals surface area (Å²) in [5, 5.41) is -5.71. The SMILES string of the molecule is C=C(COCCCCC(F)(F)C(F)(F)S(=O)(=O)[O-])C(=O)Oc1ccc2c(c1)CCC(=O)O2. The van der Waals surface area contributed by atoms with E-state index in [0.29, 0.717) is 17.7 Å². The van der Waals surface area contributed by atoms with Gasteiger partial charge in [-0.1, -0.05) is 6.58 Å². The molecule has 0 bridgehead atoms. The highest BCUT2D eigenvalue weighted by atomic mass is 32.2. The zero-order valence-corrected chi connectivity index (χ0v) is 17.4. The van der Waals surface area contributed by atoms with Gasteiger partial charge in [0.25, 0.3) is 0 Å². The molecule has 0 N–H and O–H groups in total. The normalized spacial score (nSPS) is 14.5. The summed E-state index contributed by atoms with van der Waals surface area (Å²) < 4.78 is 98.7. The molecule has 32 heavy (non-hydrogen) atoms. The Balaban J connectivity index is 1.72. The number of aryl methyl sites for hydroxylation is 1. The lowest BCUT2D eigenvalue weighted by Crippen LogP contribution is -2.46. The summed E-state index contributed by atoms with van der Waals surface area (Å²) in [6.07, 6.45) is -1.65. The Hall–Kier alpha value is -2.51. The molecule has 1 aromatic carbocycles. The maximum absolute atomic E-state index is 13.3. The maximum Gasteiger partial charge on any atom is 0.396 e. The van der Waals surface area contributed by atoms with Gasteiger partial charge in [-0.2, -0.15) is 17.6 Å². The van der Waals surface area contributed by atoms with Crippen LogP contribution in [0.3, 0.4) is 0 Å². The molecule has 0 saturated heterocycles. The summed E-state index contributed by atoms with van der Waals surface area (Å²) in [6, 6.07) is 4.43. The zero-order valence-electron chi connectivity index (χ0n) is 16.6. The van der Waals surface area contributed by atoms with Crippen molar-refractivity contribution in [1.29, 1.82) is 0 Å². The van der Waals surface area contributed by atoms with Gasteiger partial charge in [0.05, 0.1) is 18.6 Å². The second kappa shape index (κ2) is 9.96. The van der Waals surface area contributed by atoms with Gasteiger partial charge < -0.3 is 18.8 Å². The van der Waals surface area contributed by atoms with Crippen molar-refractivity contribution in [2.45, 2.75) is 43.3 Å².